The summed E-state index contributed by atoms with van der Waals surface area (Å²) in [6.45, 7) is 1.17. The Morgan fingerprint density at radius 3 is 2.90 bits per heavy atom. The van der Waals surface area contributed by atoms with Crippen LogP contribution < -0.4 is 15.2 Å². The highest BCUT2D eigenvalue weighted by Crippen LogP contribution is 2.29. The van der Waals surface area contributed by atoms with Crippen molar-refractivity contribution in [2.75, 3.05) is 18.1 Å². The highest BCUT2D eigenvalue weighted by atomic mass is 35.5. The number of anilines is 1. The minimum absolute atomic E-state index is 0. The first-order chi connectivity index (χ1) is 13.7. The maximum atomic E-state index is 13.2. The number of benzene rings is 1. The molecule has 1 N–H and O–H groups in total. The van der Waals surface area contributed by atoms with Gasteiger partial charge in [-0.2, -0.15) is 0 Å². The summed E-state index contributed by atoms with van der Waals surface area (Å²) < 4.78 is 5.53. The van der Waals surface area contributed by atoms with E-state index in [9.17, 15) is 9.59 Å². The molecular weight excluding hydrogens is 392 g/mol. The van der Waals surface area contributed by atoms with E-state index in [2.05, 4.69) is 15.0 Å². The summed E-state index contributed by atoms with van der Waals surface area (Å²) in [6, 6.07) is 10.9. The fourth-order valence-corrected chi connectivity index (χ4v) is 3.75. The van der Waals surface area contributed by atoms with E-state index < -0.39 is 0 Å². The van der Waals surface area contributed by atoms with Crippen molar-refractivity contribution in [3.63, 3.8) is 0 Å². The topological polar surface area (TPSA) is 88.2 Å². The molecule has 4 heterocycles. The van der Waals surface area contributed by atoms with Crippen LogP contribution >= 0.6 is 12.4 Å². The number of hydrogen-bond acceptors (Lipinski definition) is 5. The first kappa shape index (κ1) is 19.1. The molecule has 7 nitrogen and oxygen atoms in total. The van der Waals surface area contributed by atoms with Crippen molar-refractivity contribution in [1.29, 1.82) is 0 Å². The van der Waals surface area contributed by atoms with Crippen LogP contribution in [0.2, 0.25) is 0 Å². The smallest absolute Gasteiger partial charge is 0.259 e. The van der Waals surface area contributed by atoms with E-state index in [-0.39, 0.29) is 23.9 Å². The molecule has 0 unspecified atom stereocenters. The molecule has 29 heavy (non-hydrogen) atoms. The highest BCUT2D eigenvalue weighted by molar-refractivity contribution is 6.06. The van der Waals surface area contributed by atoms with Gasteiger partial charge in [-0.3, -0.25) is 19.5 Å². The van der Waals surface area contributed by atoms with Gasteiger partial charge in [0.05, 0.1) is 12.2 Å². The zero-order chi connectivity index (χ0) is 19.1. The number of H-pyrrole nitrogens is 1. The third kappa shape index (κ3) is 3.38. The number of nitrogens with zero attached hydrogens (tertiary/aromatic N) is 3. The summed E-state index contributed by atoms with van der Waals surface area (Å²) >= 11 is 0. The number of fused-ring (bicyclic) bond motifs is 2. The summed E-state index contributed by atoms with van der Waals surface area (Å²) in [5, 5.41) is 0. The van der Waals surface area contributed by atoms with Crippen LogP contribution in [-0.2, 0) is 12.8 Å². The van der Waals surface area contributed by atoms with Gasteiger partial charge in [0.15, 0.2) is 5.82 Å². The van der Waals surface area contributed by atoms with Gasteiger partial charge in [0.2, 0.25) is 0 Å². The molecule has 0 saturated carbocycles. The van der Waals surface area contributed by atoms with Gasteiger partial charge < -0.3 is 9.72 Å². The second-order valence-electron chi connectivity index (χ2n) is 6.91. The lowest BCUT2D eigenvalue weighted by Gasteiger charge is -2.28. The van der Waals surface area contributed by atoms with Crippen molar-refractivity contribution >= 4 is 24.1 Å². The highest BCUT2D eigenvalue weighted by Gasteiger charge is 2.28. The Labute approximate surface area is 173 Å². The summed E-state index contributed by atoms with van der Waals surface area (Å²) in [4.78, 5) is 39.2. The van der Waals surface area contributed by atoms with E-state index >= 15 is 0 Å². The third-order valence-corrected chi connectivity index (χ3v) is 5.15. The number of rotatable bonds is 2. The van der Waals surface area contributed by atoms with Crippen LogP contribution in [0.15, 0.2) is 47.4 Å². The Hall–Kier alpha value is -3.19. The first-order valence-corrected chi connectivity index (χ1v) is 9.33. The Bertz CT molecular complexity index is 1130. The number of aromatic nitrogens is 3. The van der Waals surface area contributed by atoms with Crippen LogP contribution in [0.5, 0.6) is 5.75 Å². The Morgan fingerprint density at radius 1 is 1.17 bits per heavy atom. The molecule has 2 aromatic heterocycles. The quantitative estimate of drug-likeness (QED) is 0.701. The molecule has 0 fully saturated rings. The lowest BCUT2D eigenvalue weighted by molar-refractivity contribution is 0.0984. The molecule has 5 rings (SSSR count). The number of amides is 1. The van der Waals surface area contributed by atoms with E-state index in [0.717, 1.165) is 24.2 Å². The van der Waals surface area contributed by atoms with Crippen molar-refractivity contribution in [2.24, 2.45) is 0 Å². The molecule has 2 aliphatic rings. The van der Waals surface area contributed by atoms with Crippen LogP contribution in [0.1, 0.15) is 27.9 Å². The standard InChI is InChI=1S/C21H18N4O3.ClH/c26-20-15-4-3-10-25(19(15)23-18(24-20)16-5-1-2-9-22-16)21(27)14-6-7-17-13(12-14)8-11-28-17;/h1-2,5-7,9,12H,3-4,8,10-11H2,(H,23,24,26);1H. The number of carbonyl (C=O) groups is 1. The normalized spacial score (nSPS) is 14.4. The molecule has 0 spiro atoms. The molecule has 0 aliphatic carbocycles. The van der Waals surface area contributed by atoms with Crippen LogP contribution in [0.4, 0.5) is 5.82 Å². The average molecular weight is 411 g/mol. The van der Waals surface area contributed by atoms with Gasteiger partial charge in [0, 0.05) is 24.7 Å². The molecule has 0 saturated heterocycles. The maximum absolute atomic E-state index is 13.2. The number of hydrogen-bond donors (Lipinski definition) is 1. The third-order valence-electron chi connectivity index (χ3n) is 5.15. The second-order valence-corrected chi connectivity index (χ2v) is 6.91. The predicted octanol–water partition coefficient (Wildman–Crippen LogP) is 2.78. The summed E-state index contributed by atoms with van der Waals surface area (Å²) in [6.07, 6.45) is 3.77. The van der Waals surface area contributed by atoms with Crippen LogP contribution in [-0.4, -0.2) is 34.0 Å². The first-order valence-electron chi connectivity index (χ1n) is 9.33. The van der Waals surface area contributed by atoms with Gasteiger partial charge in [0.1, 0.15) is 17.3 Å². The van der Waals surface area contributed by atoms with Crippen molar-refractivity contribution < 1.29 is 9.53 Å². The number of halogens is 1. The number of aromatic amines is 1. The van der Waals surface area contributed by atoms with Gasteiger partial charge in [-0.15, -0.1) is 12.4 Å². The van der Waals surface area contributed by atoms with Crippen molar-refractivity contribution in [3.05, 3.63) is 69.6 Å². The van der Waals surface area contributed by atoms with E-state index in [4.69, 9.17) is 4.74 Å². The summed E-state index contributed by atoms with van der Waals surface area (Å²) in [7, 11) is 0. The molecule has 1 aromatic carbocycles. The van der Waals surface area contributed by atoms with Crippen molar-refractivity contribution in [2.45, 2.75) is 19.3 Å². The number of ether oxygens (including phenoxy) is 1. The number of nitrogens with one attached hydrogen (secondary N) is 1. The van der Waals surface area contributed by atoms with Gasteiger partial charge >= 0.3 is 0 Å². The fourth-order valence-electron chi connectivity index (χ4n) is 3.75. The predicted molar refractivity (Wildman–Crippen MR) is 111 cm³/mol. The molecule has 3 aromatic rings. The molecule has 1 amide bonds. The van der Waals surface area contributed by atoms with Gasteiger partial charge in [-0.05, 0) is 48.7 Å². The van der Waals surface area contributed by atoms with Crippen molar-refractivity contribution in [1.82, 2.24) is 15.0 Å². The van der Waals surface area contributed by atoms with E-state index in [1.54, 1.807) is 29.3 Å². The van der Waals surface area contributed by atoms with Gasteiger partial charge in [-0.1, -0.05) is 6.07 Å². The Kier molecular flexibility index (Phi) is 5.07. The SMILES string of the molecule is Cl.O=C(c1ccc2c(c1)CCO2)N1CCCc2c1nc(-c1ccccn1)[nH]c2=O. The van der Waals surface area contributed by atoms with Crippen LogP contribution in [0.3, 0.4) is 0 Å². The Morgan fingerprint density at radius 2 is 2.07 bits per heavy atom. The summed E-state index contributed by atoms with van der Waals surface area (Å²) in [5.41, 5.74) is 2.51. The van der Waals surface area contributed by atoms with E-state index in [1.165, 1.54) is 0 Å². The molecule has 8 heteroatoms. The molecule has 148 valence electrons. The summed E-state index contributed by atoms with van der Waals surface area (Å²) in [5.74, 6) is 1.48. The Balaban J connectivity index is 0.00000205. The fraction of sp³-hybridized carbons (Fsp3) is 0.238. The van der Waals surface area contributed by atoms with Crippen LogP contribution in [0, 0.1) is 0 Å². The van der Waals surface area contributed by atoms with E-state index in [0.29, 0.717) is 48.0 Å². The lowest BCUT2D eigenvalue weighted by atomic mass is 10.0. The number of carbonyl (C=O) groups excluding carboxylic acids is 1. The molecular formula is C21H19ClN4O3. The zero-order valence-corrected chi connectivity index (χ0v) is 16.4. The van der Waals surface area contributed by atoms with E-state index in [1.807, 2.05) is 18.2 Å². The van der Waals surface area contributed by atoms with Crippen LogP contribution in [0.25, 0.3) is 11.5 Å². The largest absolute Gasteiger partial charge is 0.493 e. The lowest BCUT2D eigenvalue weighted by Crippen LogP contribution is -2.39. The molecule has 0 bridgehead atoms. The molecule has 2 aliphatic heterocycles. The maximum Gasteiger partial charge on any atom is 0.259 e. The zero-order valence-electron chi connectivity index (χ0n) is 15.6. The number of pyridine rings is 1. The minimum Gasteiger partial charge on any atom is -0.493 e. The minimum atomic E-state index is -0.217. The average Bonchev–Trinajstić information content (AvgIpc) is 3.21. The van der Waals surface area contributed by atoms with Gasteiger partial charge in [-0.25, -0.2) is 4.98 Å². The second kappa shape index (κ2) is 7.67. The molecule has 0 radical (unpaired) electrons. The monoisotopic (exact) mass is 410 g/mol. The van der Waals surface area contributed by atoms with Gasteiger partial charge in [0.25, 0.3) is 11.5 Å². The molecule has 0 atom stereocenters. The van der Waals surface area contributed by atoms with Crippen molar-refractivity contribution in [3.8, 4) is 17.3 Å².